The Bertz CT molecular complexity index is 513. The van der Waals surface area contributed by atoms with E-state index in [0.29, 0.717) is 6.42 Å². The maximum Gasteiger partial charge on any atom is 0.126 e. The van der Waals surface area contributed by atoms with Crippen molar-refractivity contribution in [3.8, 4) is 0 Å². The number of aromatic nitrogens is 1. The second kappa shape index (κ2) is 6.26. The van der Waals surface area contributed by atoms with E-state index in [1.54, 1.807) is 23.6 Å². The second-order valence-corrected chi connectivity index (χ2v) is 5.76. The molecule has 1 atom stereocenters. The van der Waals surface area contributed by atoms with Crippen molar-refractivity contribution in [2.24, 2.45) is 0 Å². The van der Waals surface area contributed by atoms with Crippen LogP contribution in [-0.2, 0) is 12.0 Å². The molecule has 19 heavy (non-hydrogen) atoms. The maximum atomic E-state index is 13.8. The van der Waals surface area contributed by atoms with Gasteiger partial charge in [0.1, 0.15) is 10.8 Å². The molecule has 2 aromatic rings. The van der Waals surface area contributed by atoms with Crippen molar-refractivity contribution in [3.05, 3.63) is 52.2 Å². The van der Waals surface area contributed by atoms with Gasteiger partial charge in [0, 0.05) is 11.6 Å². The van der Waals surface area contributed by atoms with E-state index in [2.05, 4.69) is 24.1 Å². The Hall–Kier alpha value is -1.26. The van der Waals surface area contributed by atoms with Gasteiger partial charge < -0.3 is 5.32 Å². The van der Waals surface area contributed by atoms with Gasteiger partial charge in [-0.25, -0.2) is 9.37 Å². The first-order valence-corrected chi connectivity index (χ1v) is 7.42. The molecular formula is C15H19FN2S. The van der Waals surface area contributed by atoms with Crippen molar-refractivity contribution in [1.82, 2.24) is 10.3 Å². The highest BCUT2D eigenvalue weighted by atomic mass is 32.1. The Morgan fingerprint density at radius 1 is 1.37 bits per heavy atom. The molecule has 102 valence electrons. The van der Waals surface area contributed by atoms with Crippen molar-refractivity contribution in [2.45, 2.75) is 32.2 Å². The molecule has 1 aromatic carbocycles. The molecule has 0 amide bonds. The number of benzene rings is 1. The molecular weight excluding hydrogens is 259 g/mol. The van der Waals surface area contributed by atoms with Crippen molar-refractivity contribution in [3.63, 3.8) is 0 Å². The van der Waals surface area contributed by atoms with E-state index in [1.165, 1.54) is 6.07 Å². The van der Waals surface area contributed by atoms with Crippen LogP contribution in [0.1, 0.15) is 30.8 Å². The van der Waals surface area contributed by atoms with Crippen LogP contribution in [0.2, 0.25) is 0 Å². The largest absolute Gasteiger partial charge is 0.305 e. The highest BCUT2D eigenvalue weighted by Gasteiger charge is 2.29. The average molecular weight is 278 g/mol. The summed E-state index contributed by atoms with van der Waals surface area (Å²) in [5.41, 5.74) is 0.413. The van der Waals surface area contributed by atoms with Crippen molar-refractivity contribution < 1.29 is 4.39 Å². The number of thiazole rings is 1. The Balaban J connectivity index is 2.26. The van der Waals surface area contributed by atoms with Crippen LogP contribution in [0.5, 0.6) is 0 Å². The third-order valence-electron chi connectivity index (χ3n) is 3.17. The molecule has 0 aliphatic heterocycles. The molecule has 0 aliphatic rings. The maximum absolute atomic E-state index is 13.8. The van der Waals surface area contributed by atoms with Gasteiger partial charge in [-0.3, -0.25) is 0 Å². The van der Waals surface area contributed by atoms with E-state index in [9.17, 15) is 4.39 Å². The number of hydrogen-bond donors (Lipinski definition) is 1. The molecule has 1 N–H and O–H groups in total. The predicted molar refractivity (Wildman–Crippen MR) is 77.9 cm³/mol. The molecule has 0 bridgehead atoms. The van der Waals surface area contributed by atoms with Crippen LogP contribution in [0.15, 0.2) is 35.8 Å². The number of nitrogens with one attached hydrogen (secondary N) is 1. The number of hydrogen-bond acceptors (Lipinski definition) is 3. The van der Waals surface area contributed by atoms with Crippen LogP contribution < -0.4 is 5.32 Å². The minimum absolute atomic E-state index is 0.149. The van der Waals surface area contributed by atoms with Gasteiger partial charge in [0.25, 0.3) is 0 Å². The molecule has 1 unspecified atom stereocenters. The van der Waals surface area contributed by atoms with Gasteiger partial charge in [0.2, 0.25) is 0 Å². The standard InChI is InChI=1S/C15H19FN2S/c1-3-8-18-15(2,14-17-9-10-19-14)11-12-6-4-5-7-13(12)16/h4-7,9-10,18H,3,8,11H2,1-2H3. The van der Waals surface area contributed by atoms with Crippen molar-refractivity contribution in [2.75, 3.05) is 6.54 Å². The zero-order valence-electron chi connectivity index (χ0n) is 11.3. The van der Waals surface area contributed by atoms with E-state index in [4.69, 9.17) is 0 Å². The molecule has 0 saturated carbocycles. The molecule has 1 heterocycles. The number of halogens is 1. The summed E-state index contributed by atoms with van der Waals surface area (Å²) in [7, 11) is 0. The summed E-state index contributed by atoms with van der Waals surface area (Å²) in [6.45, 7) is 5.11. The first-order chi connectivity index (χ1) is 9.15. The van der Waals surface area contributed by atoms with Gasteiger partial charge in [-0.2, -0.15) is 0 Å². The highest BCUT2D eigenvalue weighted by molar-refractivity contribution is 7.09. The molecule has 0 radical (unpaired) electrons. The normalized spacial score (nSPS) is 14.3. The Morgan fingerprint density at radius 2 is 2.16 bits per heavy atom. The smallest absolute Gasteiger partial charge is 0.126 e. The van der Waals surface area contributed by atoms with Crippen LogP contribution in [0.4, 0.5) is 4.39 Å². The summed E-state index contributed by atoms with van der Waals surface area (Å²) in [4.78, 5) is 4.40. The van der Waals surface area contributed by atoms with E-state index >= 15 is 0 Å². The third kappa shape index (κ3) is 3.39. The Kier molecular flexibility index (Phi) is 4.66. The van der Waals surface area contributed by atoms with Crippen LogP contribution in [0.3, 0.4) is 0 Å². The monoisotopic (exact) mass is 278 g/mol. The van der Waals surface area contributed by atoms with Gasteiger partial charge in [0.15, 0.2) is 0 Å². The van der Waals surface area contributed by atoms with E-state index in [1.807, 2.05) is 17.5 Å². The summed E-state index contributed by atoms with van der Waals surface area (Å²) in [5, 5.41) is 6.47. The van der Waals surface area contributed by atoms with E-state index < -0.39 is 0 Å². The SMILES string of the molecule is CCCNC(C)(Cc1ccccc1F)c1nccs1. The van der Waals surface area contributed by atoms with E-state index in [-0.39, 0.29) is 11.4 Å². The van der Waals surface area contributed by atoms with Gasteiger partial charge in [0.05, 0.1) is 5.54 Å². The fraction of sp³-hybridized carbons (Fsp3) is 0.400. The number of nitrogens with zero attached hydrogens (tertiary/aromatic N) is 1. The lowest BCUT2D eigenvalue weighted by atomic mass is 9.93. The topological polar surface area (TPSA) is 24.9 Å². The molecule has 0 saturated heterocycles. The molecule has 2 nitrogen and oxygen atoms in total. The predicted octanol–water partition coefficient (Wildman–Crippen LogP) is 3.74. The Labute approximate surface area is 117 Å². The average Bonchev–Trinajstić information content (AvgIpc) is 2.94. The van der Waals surface area contributed by atoms with Gasteiger partial charge >= 0.3 is 0 Å². The lowest BCUT2D eigenvalue weighted by molar-refractivity contribution is 0.357. The molecule has 1 aromatic heterocycles. The third-order valence-corrected chi connectivity index (χ3v) is 4.21. The van der Waals surface area contributed by atoms with Crippen LogP contribution in [0, 0.1) is 5.82 Å². The van der Waals surface area contributed by atoms with Crippen molar-refractivity contribution in [1.29, 1.82) is 0 Å². The van der Waals surface area contributed by atoms with Gasteiger partial charge in [-0.05, 0) is 37.9 Å². The Morgan fingerprint density at radius 3 is 2.79 bits per heavy atom. The van der Waals surface area contributed by atoms with E-state index in [0.717, 1.165) is 23.5 Å². The zero-order chi connectivity index (χ0) is 13.7. The lowest BCUT2D eigenvalue weighted by Crippen LogP contribution is -2.42. The lowest BCUT2D eigenvalue weighted by Gasteiger charge is -2.29. The molecule has 0 spiro atoms. The minimum atomic E-state index is -0.313. The van der Waals surface area contributed by atoms with Crippen molar-refractivity contribution >= 4 is 11.3 Å². The van der Waals surface area contributed by atoms with Crippen LogP contribution in [-0.4, -0.2) is 11.5 Å². The summed E-state index contributed by atoms with van der Waals surface area (Å²) in [6.07, 6.45) is 3.44. The van der Waals surface area contributed by atoms with Gasteiger partial charge in [-0.15, -0.1) is 11.3 Å². The summed E-state index contributed by atoms with van der Waals surface area (Å²) < 4.78 is 13.8. The first kappa shape index (κ1) is 14.2. The number of rotatable bonds is 6. The van der Waals surface area contributed by atoms with Gasteiger partial charge in [-0.1, -0.05) is 25.1 Å². The molecule has 0 fully saturated rings. The zero-order valence-corrected chi connectivity index (χ0v) is 12.1. The minimum Gasteiger partial charge on any atom is -0.305 e. The van der Waals surface area contributed by atoms with Crippen LogP contribution in [0.25, 0.3) is 0 Å². The highest BCUT2D eigenvalue weighted by Crippen LogP contribution is 2.28. The van der Waals surface area contributed by atoms with Crippen LogP contribution >= 0.6 is 11.3 Å². The summed E-state index contributed by atoms with van der Waals surface area (Å²) >= 11 is 1.61. The fourth-order valence-electron chi connectivity index (χ4n) is 2.13. The quantitative estimate of drug-likeness (QED) is 0.870. The second-order valence-electron chi connectivity index (χ2n) is 4.86. The molecule has 2 rings (SSSR count). The first-order valence-electron chi connectivity index (χ1n) is 6.54. The fourth-order valence-corrected chi connectivity index (χ4v) is 2.91. The summed E-state index contributed by atoms with van der Waals surface area (Å²) in [5.74, 6) is -0.149. The molecule has 0 aliphatic carbocycles. The molecule has 4 heteroatoms. The summed E-state index contributed by atoms with van der Waals surface area (Å²) in [6, 6.07) is 6.95.